The third-order valence-corrected chi connectivity index (χ3v) is 7.48. The highest BCUT2D eigenvalue weighted by atomic mass is 16.5. The Kier molecular flexibility index (Phi) is 9.13. The molecule has 0 saturated heterocycles. The van der Waals surface area contributed by atoms with Crippen LogP contribution in [0.2, 0.25) is 0 Å². The zero-order valence-electron chi connectivity index (χ0n) is 24.4. The van der Waals surface area contributed by atoms with Crippen molar-refractivity contribution in [2.24, 2.45) is 0 Å². The Hall–Kier alpha value is -4.70. The lowest BCUT2D eigenvalue weighted by Crippen LogP contribution is -2.32. The number of H-pyrrole nitrogens is 1. The molecule has 2 heterocycles. The van der Waals surface area contributed by atoms with Crippen molar-refractivity contribution in [2.45, 2.75) is 45.4 Å². The number of rotatable bonds is 13. The van der Waals surface area contributed by atoms with Gasteiger partial charge in [0.1, 0.15) is 5.75 Å². The molecule has 3 aromatic carbocycles. The number of hydrogen-bond acceptors (Lipinski definition) is 8. The lowest BCUT2D eigenvalue weighted by molar-refractivity contribution is 0.160. The van der Waals surface area contributed by atoms with Gasteiger partial charge in [0.2, 0.25) is 0 Å². The molecule has 0 spiro atoms. The molecule has 0 aliphatic rings. The van der Waals surface area contributed by atoms with E-state index in [4.69, 9.17) is 14.2 Å². The van der Waals surface area contributed by atoms with Crippen molar-refractivity contribution >= 4 is 10.9 Å². The third kappa shape index (κ3) is 6.44. The number of pyridine rings is 1. The van der Waals surface area contributed by atoms with Gasteiger partial charge >= 0.3 is 0 Å². The molecule has 10 nitrogen and oxygen atoms in total. The number of methoxy groups -OCH3 is 3. The van der Waals surface area contributed by atoms with Crippen LogP contribution in [0.25, 0.3) is 10.9 Å². The van der Waals surface area contributed by atoms with E-state index in [2.05, 4.69) is 44.5 Å². The molecule has 5 aromatic rings. The van der Waals surface area contributed by atoms with Crippen molar-refractivity contribution in [1.29, 1.82) is 0 Å². The van der Waals surface area contributed by atoms with Crippen LogP contribution >= 0.6 is 0 Å². The zero-order chi connectivity index (χ0) is 29.5. The first-order valence-electron chi connectivity index (χ1n) is 14.0. The Bertz CT molecular complexity index is 1670. The lowest BCUT2D eigenvalue weighted by Gasteiger charge is -2.30. The summed E-state index contributed by atoms with van der Waals surface area (Å²) in [5.74, 6) is 2.72. The van der Waals surface area contributed by atoms with Crippen molar-refractivity contribution in [3.8, 4) is 17.2 Å². The molecular weight excluding hydrogens is 532 g/mol. The second-order valence-electron chi connectivity index (χ2n) is 10.1. The van der Waals surface area contributed by atoms with E-state index in [0.717, 1.165) is 35.4 Å². The number of benzene rings is 3. The predicted octanol–water partition coefficient (Wildman–Crippen LogP) is 4.94. The molecule has 2 aromatic heterocycles. The molecule has 0 aliphatic heterocycles. The maximum absolute atomic E-state index is 13.4. The summed E-state index contributed by atoms with van der Waals surface area (Å²) >= 11 is 0. The molecule has 0 aliphatic carbocycles. The average Bonchev–Trinajstić information content (AvgIpc) is 3.49. The fraction of sp³-hybridized carbons (Fsp3) is 0.312. The molecule has 0 bridgehead atoms. The summed E-state index contributed by atoms with van der Waals surface area (Å²) in [5, 5.41) is 13.7. The number of aromatic amines is 1. The van der Waals surface area contributed by atoms with Gasteiger partial charge in [-0.3, -0.25) is 9.69 Å². The van der Waals surface area contributed by atoms with Crippen LogP contribution in [0.15, 0.2) is 77.6 Å². The van der Waals surface area contributed by atoms with Gasteiger partial charge in [0, 0.05) is 36.7 Å². The fourth-order valence-corrected chi connectivity index (χ4v) is 5.25. The fourth-order valence-electron chi connectivity index (χ4n) is 5.25. The summed E-state index contributed by atoms with van der Waals surface area (Å²) in [7, 11) is 4.83. The van der Waals surface area contributed by atoms with Gasteiger partial charge in [-0.1, -0.05) is 49.4 Å². The molecule has 1 atom stereocenters. The Morgan fingerprint density at radius 2 is 1.62 bits per heavy atom. The molecule has 1 N–H and O–H groups in total. The van der Waals surface area contributed by atoms with Gasteiger partial charge in [-0.25, -0.2) is 4.68 Å². The number of hydrogen-bond donors (Lipinski definition) is 1. The van der Waals surface area contributed by atoms with E-state index in [9.17, 15) is 4.79 Å². The first-order chi connectivity index (χ1) is 20.5. The monoisotopic (exact) mass is 568 g/mol. The van der Waals surface area contributed by atoms with Crippen LogP contribution in [0.5, 0.6) is 17.2 Å². The van der Waals surface area contributed by atoms with E-state index < -0.39 is 0 Å². The van der Waals surface area contributed by atoms with Crippen LogP contribution in [0, 0.1) is 0 Å². The largest absolute Gasteiger partial charge is 0.497 e. The molecule has 0 fully saturated rings. The first kappa shape index (κ1) is 28.8. The van der Waals surface area contributed by atoms with Crippen LogP contribution in [-0.4, -0.2) is 51.4 Å². The van der Waals surface area contributed by atoms with Crippen LogP contribution in [-0.2, 0) is 26.1 Å². The summed E-state index contributed by atoms with van der Waals surface area (Å²) < 4.78 is 18.2. The summed E-state index contributed by atoms with van der Waals surface area (Å²) in [6.45, 7) is 3.73. The normalized spacial score (nSPS) is 12.0. The number of fused-ring (bicyclic) bond motifs is 1. The van der Waals surface area contributed by atoms with E-state index in [1.807, 2.05) is 59.3 Å². The highest BCUT2D eigenvalue weighted by Gasteiger charge is 2.26. The van der Waals surface area contributed by atoms with E-state index in [-0.39, 0.29) is 11.6 Å². The second-order valence-corrected chi connectivity index (χ2v) is 10.1. The van der Waals surface area contributed by atoms with E-state index in [1.54, 1.807) is 27.4 Å². The quantitative estimate of drug-likeness (QED) is 0.213. The number of nitrogens with one attached hydrogen (secondary N) is 1. The van der Waals surface area contributed by atoms with Crippen LogP contribution < -0.4 is 19.8 Å². The van der Waals surface area contributed by atoms with Gasteiger partial charge in [0.15, 0.2) is 17.3 Å². The third-order valence-electron chi connectivity index (χ3n) is 7.48. The first-order valence-corrected chi connectivity index (χ1v) is 14.0. The standard InChI is InChI=1S/C32H36N6O4/c1-5-28(31-34-35-36-38(31)16-15-22-9-7-6-8-10-22)37(20-23-11-13-26(40-2)14-12-23)21-25-17-24-18-29(41-3)30(42-4)19-27(24)33-32(25)39/h6-14,17-19,28H,5,15-16,20-21H2,1-4H3,(H,33,39)/t28-/m0/s1. The molecule has 218 valence electrons. The van der Waals surface area contributed by atoms with E-state index >= 15 is 0 Å². The van der Waals surface area contributed by atoms with Gasteiger partial charge in [0.05, 0.1) is 32.9 Å². The van der Waals surface area contributed by atoms with Crippen molar-refractivity contribution in [1.82, 2.24) is 30.1 Å². The molecule has 10 heteroatoms. The maximum atomic E-state index is 13.4. The van der Waals surface area contributed by atoms with Gasteiger partial charge in [-0.05, 0) is 58.7 Å². The number of tetrazole rings is 1. The predicted molar refractivity (Wildman–Crippen MR) is 161 cm³/mol. The minimum Gasteiger partial charge on any atom is -0.497 e. The Labute approximate surface area is 244 Å². The summed E-state index contributed by atoms with van der Waals surface area (Å²) in [5.41, 5.74) is 3.45. The van der Waals surface area contributed by atoms with Crippen molar-refractivity contribution in [2.75, 3.05) is 21.3 Å². The average molecular weight is 569 g/mol. The molecule has 0 amide bonds. The van der Waals surface area contributed by atoms with Gasteiger partial charge < -0.3 is 19.2 Å². The molecule has 0 saturated carbocycles. The Morgan fingerprint density at radius 1 is 0.881 bits per heavy atom. The Balaban J connectivity index is 1.50. The summed E-state index contributed by atoms with van der Waals surface area (Å²) in [6.07, 6.45) is 1.56. The van der Waals surface area contributed by atoms with Crippen molar-refractivity contribution < 1.29 is 14.2 Å². The highest BCUT2D eigenvalue weighted by molar-refractivity contribution is 5.83. The molecule has 5 rings (SSSR count). The molecular formula is C32H36N6O4. The van der Waals surface area contributed by atoms with Crippen molar-refractivity contribution in [3.63, 3.8) is 0 Å². The lowest BCUT2D eigenvalue weighted by atomic mass is 10.1. The van der Waals surface area contributed by atoms with Crippen LogP contribution in [0.4, 0.5) is 0 Å². The SMILES string of the molecule is CC[C@@H](c1nnnn1CCc1ccccc1)N(Cc1ccc(OC)cc1)Cc1cc2cc(OC)c(OC)cc2[nH]c1=O. The Morgan fingerprint density at radius 3 is 2.31 bits per heavy atom. The second kappa shape index (κ2) is 13.3. The number of ether oxygens (including phenoxy) is 3. The van der Waals surface area contributed by atoms with Crippen LogP contribution in [0.1, 0.15) is 41.9 Å². The van der Waals surface area contributed by atoms with Crippen LogP contribution in [0.3, 0.4) is 0 Å². The maximum Gasteiger partial charge on any atom is 0.252 e. The van der Waals surface area contributed by atoms with Gasteiger partial charge in [-0.15, -0.1) is 5.10 Å². The molecule has 0 unspecified atom stereocenters. The number of aromatic nitrogens is 5. The smallest absolute Gasteiger partial charge is 0.252 e. The number of nitrogens with zero attached hydrogens (tertiary/aromatic N) is 5. The zero-order valence-corrected chi connectivity index (χ0v) is 24.4. The number of aryl methyl sites for hydroxylation is 2. The topological polar surface area (TPSA) is 107 Å². The van der Waals surface area contributed by atoms with Crippen molar-refractivity contribution in [3.05, 3.63) is 106 Å². The van der Waals surface area contributed by atoms with E-state index in [0.29, 0.717) is 42.2 Å². The summed E-state index contributed by atoms with van der Waals surface area (Å²) in [6, 6.07) is 23.7. The summed E-state index contributed by atoms with van der Waals surface area (Å²) in [4.78, 5) is 18.7. The highest BCUT2D eigenvalue weighted by Crippen LogP contribution is 2.32. The van der Waals surface area contributed by atoms with Gasteiger partial charge in [0.25, 0.3) is 5.56 Å². The minimum atomic E-state index is -0.159. The molecule has 42 heavy (non-hydrogen) atoms. The van der Waals surface area contributed by atoms with E-state index in [1.165, 1.54) is 5.56 Å². The van der Waals surface area contributed by atoms with Gasteiger partial charge in [-0.2, -0.15) is 0 Å². The minimum absolute atomic E-state index is 0.140. The molecule has 0 radical (unpaired) electrons.